The summed E-state index contributed by atoms with van der Waals surface area (Å²) in [5.41, 5.74) is 0.418. The van der Waals surface area contributed by atoms with E-state index >= 15 is 0 Å². The molecule has 0 saturated carbocycles. The Bertz CT molecular complexity index is 735. The van der Waals surface area contributed by atoms with Crippen molar-refractivity contribution in [2.75, 3.05) is 7.11 Å². The molecule has 0 saturated heterocycles. The Labute approximate surface area is 143 Å². The van der Waals surface area contributed by atoms with Crippen molar-refractivity contribution in [3.05, 3.63) is 46.1 Å². The van der Waals surface area contributed by atoms with E-state index in [9.17, 15) is 9.90 Å². The molecule has 1 N–H and O–H groups in total. The largest absolute Gasteiger partial charge is 0.511 e. The minimum Gasteiger partial charge on any atom is -0.511 e. The second-order valence-electron chi connectivity index (χ2n) is 5.19. The second kappa shape index (κ2) is 7.19. The van der Waals surface area contributed by atoms with E-state index in [1.807, 2.05) is 24.3 Å². The van der Waals surface area contributed by atoms with Crippen LogP contribution in [0.15, 0.2) is 41.1 Å². The van der Waals surface area contributed by atoms with Gasteiger partial charge in [0.2, 0.25) is 0 Å². The van der Waals surface area contributed by atoms with Gasteiger partial charge in [-0.1, -0.05) is 0 Å². The summed E-state index contributed by atoms with van der Waals surface area (Å²) >= 11 is 3.18. The zero-order chi connectivity index (χ0) is 16.2. The minimum absolute atomic E-state index is 0.00235. The third kappa shape index (κ3) is 3.76. The number of Topliss-reactive ketones (excluding diaryl/α,β-unsaturated/α-hetero) is 1. The molecule has 4 nitrogen and oxygen atoms in total. The number of ether oxygens (including phenoxy) is 1. The number of allylic oxidation sites excluding steroid dienone is 2. The lowest BCUT2D eigenvalue weighted by Crippen LogP contribution is -2.10. The van der Waals surface area contributed by atoms with E-state index in [4.69, 9.17) is 4.74 Å². The fourth-order valence-corrected chi connectivity index (χ4v) is 4.30. The first-order valence-electron chi connectivity index (χ1n) is 7.34. The van der Waals surface area contributed by atoms with Crippen LogP contribution in [0.2, 0.25) is 0 Å². The molecule has 0 bridgehead atoms. The number of thiazole rings is 1. The summed E-state index contributed by atoms with van der Waals surface area (Å²) in [7, 11) is 1.65. The van der Waals surface area contributed by atoms with Gasteiger partial charge in [-0.05, 0) is 30.7 Å². The molecule has 0 fully saturated rings. The van der Waals surface area contributed by atoms with Crippen molar-refractivity contribution in [3.8, 4) is 5.75 Å². The molecule has 3 rings (SSSR count). The Kier molecular flexibility index (Phi) is 5.03. The molecule has 0 atom stereocenters. The van der Waals surface area contributed by atoms with Gasteiger partial charge in [0.15, 0.2) is 5.78 Å². The van der Waals surface area contributed by atoms with Crippen molar-refractivity contribution >= 4 is 34.5 Å². The average molecular weight is 347 g/mol. The highest BCUT2D eigenvalue weighted by Crippen LogP contribution is 2.33. The highest BCUT2D eigenvalue weighted by atomic mass is 32.2. The van der Waals surface area contributed by atoms with Crippen LogP contribution in [-0.4, -0.2) is 23.0 Å². The molecule has 2 aromatic rings. The average Bonchev–Trinajstić information content (AvgIpc) is 3.02. The maximum Gasteiger partial charge on any atom is 0.169 e. The molecule has 0 amide bonds. The van der Waals surface area contributed by atoms with Crippen LogP contribution in [-0.2, 0) is 10.5 Å². The Morgan fingerprint density at radius 3 is 2.78 bits per heavy atom. The topological polar surface area (TPSA) is 59.4 Å². The molecular formula is C17H17NO3S2. The van der Waals surface area contributed by atoms with Crippen LogP contribution in [0.5, 0.6) is 5.75 Å². The first kappa shape index (κ1) is 16.1. The normalized spacial score (nSPS) is 15.1. The predicted molar refractivity (Wildman–Crippen MR) is 93.1 cm³/mol. The van der Waals surface area contributed by atoms with Crippen LogP contribution < -0.4 is 4.74 Å². The molecule has 1 aliphatic carbocycles. The van der Waals surface area contributed by atoms with Crippen LogP contribution in [0.1, 0.15) is 29.1 Å². The van der Waals surface area contributed by atoms with Crippen LogP contribution >= 0.6 is 23.1 Å². The van der Waals surface area contributed by atoms with E-state index in [2.05, 4.69) is 4.98 Å². The molecule has 0 unspecified atom stereocenters. The van der Waals surface area contributed by atoms with Crippen LogP contribution in [0.25, 0.3) is 5.57 Å². The van der Waals surface area contributed by atoms with E-state index < -0.39 is 0 Å². The van der Waals surface area contributed by atoms with Crippen molar-refractivity contribution < 1.29 is 14.6 Å². The molecule has 1 aromatic heterocycles. The minimum atomic E-state index is -0.00235. The Morgan fingerprint density at radius 1 is 1.30 bits per heavy atom. The summed E-state index contributed by atoms with van der Waals surface area (Å²) in [6, 6.07) is 7.91. The molecule has 1 aliphatic rings. The van der Waals surface area contributed by atoms with Gasteiger partial charge in [-0.25, -0.2) is 4.98 Å². The summed E-state index contributed by atoms with van der Waals surface area (Å²) in [6.45, 7) is 0. The fourth-order valence-electron chi connectivity index (χ4n) is 2.39. The van der Waals surface area contributed by atoms with Gasteiger partial charge in [-0.15, -0.1) is 23.1 Å². The maximum absolute atomic E-state index is 12.0. The van der Waals surface area contributed by atoms with E-state index in [-0.39, 0.29) is 11.5 Å². The third-order valence-electron chi connectivity index (χ3n) is 3.59. The number of hydrogen-bond acceptors (Lipinski definition) is 6. The van der Waals surface area contributed by atoms with Crippen molar-refractivity contribution in [2.24, 2.45) is 0 Å². The molecule has 0 radical (unpaired) electrons. The number of hydrogen-bond donors (Lipinski definition) is 1. The lowest BCUT2D eigenvalue weighted by atomic mass is 9.97. The first-order chi connectivity index (χ1) is 11.2. The number of carbonyl (C=O) groups excluding carboxylic acids is 1. The number of rotatable bonds is 5. The van der Waals surface area contributed by atoms with Gasteiger partial charge in [0.25, 0.3) is 0 Å². The van der Waals surface area contributed by atoms with Gasteiger partial charge >= 0.3 is 0 Å². The van der Waals surface area contributed by atoms with Crippen molar-refractivity contribution in [3.63, 3.8) is 0 Å². The standard InChI is InChI=1S/C17H17NO3S2/c1-21-11-5-7-12(8-6-11)22-10-13-9-18-17(23-13)16-14(19)3-2-4-15(16)20/h5-9,19H,2-4,10H2,1H3. The van der Waals surface area contributed by atoms with Crippen molar-refractivity contribution in [2.45, 2.75) is 29.9 Å². The fraction of sp³-hybridized carbons (Fsp3) is 0.294. The number of nitrogens with zero attached hydrogens (tertiary/aromatic N) is 1. The summed E-state index contributed by atoms with van der Waals surface area (Å²) < 4.78 is 5.14. The monoisotopic (exact) mass is 347 g/mol. The number of aliphatic hydroxyl groups excluding tert-OH is 1. The number of thioether (sulfide) groups is 1. The lowest BCUT2D eigenvalue weighted by Gasteiger charge is -2.12. The third-order valence-corrected chi connectivity index (χ3v) is 5.85. The number of methoxy groups -OCH3 is 1. The zero-order valence-electron chi connectivity index (χ0n) is 12.7. The Balaban J connectivity index is 1.68. The summed E-state index contributed by atoms with van der Waals surface area (Å²) in [5, 5.41) is 10.6. The van der Waals surface area contributed by atoms with E-state index in [0.29, 0.717) is 23.4 Å². The number of ketones is 1. The smallest absolute Gasteiger partial charge is 0.169 e. The van der Waals surface area contributed by atoms with E-state index in [0.717, 1.165) is 27.7 Å². The molecular weight excluding hydrogens is 330 g/mol. The van der Waals surface area contributed by atoms with Gasteiger partial charge in [-0.3, -0.25) is 4.79 Å². The van der Waals surface area contributed by atoms with Crippen LogP contribution in [0.4, 0.5) is 0 Å². The SMILES string of the molecule is COc1ccc(SCc2cnc(C3=C(O)CCCC3=O)s2)cc1. The predicted octanol–water partition coefficient (Wildman–Crippen LogP) is 4.47. The van der Waals surface area contributed by atoms with Crippen LogP contribution in [0.3, 0.4) is 0 Å². The first-order valence-corrected chi connectivity index (χ1v) is 9.15. The number of benzene rings is 1. The summed E-state index contributed by atoms with van der Waals surface area (Å²) in [4.78, 5) is 18.5. The molecule has 0 spiro atoms. The van der Waals surface area contributed by atoms with E-state index in [1.54, 1.807) is 25.1 Å². The quantitative estimate of drug-likeness (QED) is 0.809. The highest BCUT2D eigenvalue weighted by molar-refractivity contribution is 7.98. The van der Waals surface area contributed by atoms with Gasteiger partial charge in [0, 0.05) is 34.6 Å². The maximum atomic E-state index is 12.0. The van der Waals surface area contributed by atoms with Crippen molar-refractivity contribution in [1.29, 1.82) is 0 Å². The summed E-state index contributed by atoms with van der Waals surface area (Å²) in [5.74, 6) is 1.81. The Morgan fingerprint density at radius 2 is 2.09 bits per heavy atom. The molecule has 1 aromatic carbocycles. The van der Waals surface area contributed by atoms with Gasteiger partial charge in [0.05, 0.1) is 12.7 Å². The lowest BCUT2D eigenvalue weighted by molar-refractivity contribution is -0.114. The molecule has 1 heterocycles. The van der Waals surface area contributed by atoms with Crippen LogP contribution in [0, 0.1) is 0 Å². The molecule has 23 heavy (non-hydrogen) atoms. The highest BCUT2D eigenvalue weighted by Gasteiger charge is 2.24. The summed E-state index contributed by atoms with van der Waals surface area (Å²) in [6.07, 6.45) is 3.57. The molecule has 6 heteroatoms. The number of carbonyl (C=O) groups is 1. The van der Waals surface area contributed by atoms with E-state index in [1.165, 1.54) is 11.3 Å². The zero-order valence-corrected chi connectivity index (χ0v) is 14.4. The van der Waals surface area contributed by atoms with Gasteiger partial charge in [-0.2, -0.15) is 0 Å². The van der Waals surface area contributed by atoms with Gasteiger partial charge < -0.3 is 9.84 Å². The molecule has 120 valence electrons. The Hall–Kier alpha value is -1.79. The second-order valence-corrected chi connectivity index (χ2v) is 7.36. The van der Waals surface area contributed by atoms with Crippen molar-refractivity contribution in [1.82, 2.24) is 4.98 Å². The number of aliphatic hydroxyl groups is 1. The molecule has 0 aliphatic heterocycles. The van der Waals surface area contributed by atoms with Gasteiger partial charge in [0.1, 0.15) is 16.5 Å². The number of aromatic nitrogens is 1.